The van der Waals surface area contributed by atoms with Crippen molar-refractivity contribution in [1.82, 2.24) is 9.97 Å². The van der Waals surface area contributed by atoms with Crippen LogP contribution in [0.5, 0.6) is 0 Å². The minimum absolute atomic E-state index is 0.0412. The van der Waals surface area contributed by atoms with Crippen molar-refractivity contribution >= 4 is 40.2 Å². The summed E-state index contributed by atoms with van der Waals surface area (Å²) in [7, 11) is 0. The minimum Gasteiger partial charge on any atom is -0.369 e. The summed E-state index contributed by atoms with van der Waals surface area (Å²) in [5.74, 6) is 4.69. The van der Waals surface area contributed by atoms with Gasteiger partial charge >= 0.3 is 0 Å². The van der Waals surface area contributed by atoms with Crippen molar-refractivity contribution in [3.05, 3.63) is 15.1 Å². The fourth-order valence-electron chi connectivity index (χ4n) is 1.80. The predicted molar refractivity (Wildman–Crippen MR) is 103 cm³/mol. The molecule has 1 N–H and O–H groups in total. The van der Waals surface area contributed by atoms with E-state index >= 15 is 0 Å². The summed E-state index contributed by atoms with van der Waals surface area (Å²) in [5.41, 5.74) is 1.19. The molecule has 0 amide bonds. The Morgan fingerprint density at radius 2 is 1.90 bits per heavy atom. The van der Waals surface area contributed by atoms with Crippen LogP contribution in [0, 0.1) is 9.49 Å². The van der Waals surface area contributed by atoms with Crippen LogP contribution in [0.3, 0.4) is 0 Å². The number of nitrogens with zero attached hydrogens (tertiary/aromatic N) is 2. The fourth-order valence-corrected chi connectivity index (χ4v) is 3.94. The number of hydrogen-bond acceptors (Lipinski definition) is 4. The first-order valence-electron chi connectivity index (χ1n) is 7.64. The van der Waals surface area contributed by atoms with E-state index in [9.17, 15) is 0 Å². The van der Waals surface area contributed by atoms with Gasteiger partial charge in [-0.3, -0.25) is 0 Å². The second-order valence-corrected chi connectivity index (χ2v) is 8.85. The Hall–Kier alpha value is -0.0400. The summed E-state index contributed by atoms with van der Waals surface area (Å²) >= 11 is 4.29. The largest absolute Gasteiger partial charge is 0.369 e. The Morgan fingerprint density at radius 1 is 1.24 bits per heavy atom. The Balaban J connectivity index is 3.02. The molecule has 0 aliphatic heterocycles. The Kier molecular flexibility index (Phi) is 7.74. The zero-order valence-corrected chi connectivity index (χ0v) is 17.1. The minimum atomic E-state index is 0.0412. The maximum absolute atomic E-state index is 4.83. The van der Waals surface area contributed by atoms with Crippen LogP contribution >= 0.6 is 34.4 Å². The van der Waals surface area contributed by atoms with Crippen LogP contribution in [0.2, 0.25) is 0 Å². The van der Waals surface area contributed by atoms with E-state index in [0.29, 0.717) is 5.92 Å². The Labute approximate surface area is 147 Å². The van der Waals surface area contributed by atoms with Crippen LogP contribution in [-0.4, -0.2) is 22.3 Å². The molecule has 0 fully saturated rings. The summed E-state index contributed by atoms with van der Waals surface area (Å²) in [4.78, 5) is 9.56. The molecule has 1 rings (SSSR count). The quantitative estimate of drug-likeness (QED) is 0.623. The molecule has 0 bridgehead atoms. The van der Waals surface area contributed by atoms with E-state index in [1.165, 1.54) is 0 Å². The first kappa shape index (κ1) is 19.0. The lowest BCUT2D eigenvalue weighted by atomic mass is 9.92. The molecule has 0 saturated heterocycles. The van der Waals surface area contributed by atoms with E-state index in [0.717, 1.165) is 45.4 Å². The maximum Gasteiger partial charge on any atom is 0.143 e. The lowest BCUT2D eigenvalue weighted by Gasteiger charge is -2.22. The lowest BCUT2D eigenvalue weighted by molar-refractivity contribution is 0.560. The third-order valence-electron chi connectivity index (χ3n) is 2.83. The molecular weight excluding hydrogens is 393 g/mol. The van der Waals surface area contributed by atoms with Gasteiger partial charge in [0.05, 0.1) is 15.0 Å². The number of rotatable bonds is 7. The van der Waals surface area contributed by atoms with Crippen molar-refractivity contribution in [3.8, 4) is 0 Å². The van der Waals surface area contributed by atoms with E-state index in [-0.39, 0.29) is 5.41 Å². The fraction of sp³-hybridized carbons (Fsp3) is 0.750. The van der Waals surface area contributed by atoms with Crippen LogP contribution in [0.1, 0.15) is 59.5 Å². The normalized spacial score (nSPS) is 12.0. The zero-order valence-electron chi connectivity index (χ0n) is 14.1. The number of anilines is 1. The smallest absolute Gasteiger partial charge is 0.143 e. The molecule has 5 heteroatoms. The van der Waals surface area contributed by atoms with Gasteiger partial charge in [-0.25, -0.2) is 9.97 Å². The number of hydrogen-bond donors (Lipinski definition) is 1. The van der Waals surface area contributed by atoms with Gasteiger partial charge in [0.15, 0.2) is 0 Å². The van der Waals surface area contributed by atoms with E-state index in [4.69, 9.17) is 9.97 Å². The molecular formula is C16H28IN3S. The van der Waals surface area contributed by atoms with Crippen LogP contribution in [0.4, 0.5) is 5.82 Å². The van der Waals surface area contributed by atoms with Gasteiger partial charge < -0.3 is 5.32 Å². The maximum atomic E-state index is 4.83. The molecule has 1 aromatic heterocycles. The van der Waals surface area contributed by atoms with Gasteiger partial charge in [-0.05, 0) is 40.7 Å². The molecule has 0 unspecified atom stereocenters. The van der Waals surface area contributed by atoms with E-state index < -0.39 is 0 Å². The van der Waals surface area contributed by atoms with Gasteiger partial charge in [0.1, 0.15) is 11.6 Å². The van der Waals surface area contributed by atoms with E-state index in [2.05, 4.69) is 69.5 Å². The third kappa shape index (κ3) is 6.30. The van der Waals surface area contributed by atoms with Crippen molar-refractivity contribution in [2.75, 3.05) is 17.6 Å². The third-order valence-corrected chi connectivity index (χ3v) is 5.22. The van der Waals surface area contributed by atoms with Crippen LogP contribution in [-0.2, 0) is 11.2 Å². The highest BCUT2D eigenvalue weighted by Crippen LogP contribution is 2.30. The molecule has 0 aliphatic carbocycles. The molecule has 1 aromatic rings. The molecule has 0 radical (unpaired) electrons. The summed E-state index contributed by atoms with van der Waals surface area (Å²) in [6, 6.07) is 0. The second kappa shape index (κ2) is 8.56. The topological polar surface area (TPSA) is 37.8 Å². The summed E-state index contributed by atoms with van der Waals surface area (Å²) in [5, 5.41) is 3.45. The van der Waals surface area contributed by atoms with Crippen LogP contribution in [0.25, 0.3) is 0 Å². The molecule has 3 nitrogen and oxygen atoms in total. The molecule has 0 aliphatic rings. The summed E-state index contributed by atoms with van der Waals surface area (Å²) < 4.78 is 1.16. The zero-order chi connectivity index (χ0) is 16.0. The van der Waals surface area contributed by atoms with Crippen molar-refractivity contribution in [2.24, 2.45) is 5.92 Å². The summed E-state index contributed by atoms with van der Waals surface area (Å²) in [6.45, 7) is 14.3. The number of nitrogens with one attached hydrogen (secondary N) is 1. The Morgan fingerprint density at radius 3 is 2.43 bits per heavy atom. The first-order valence-corrected chi connectivity index (χ1v) is 9.87. The van der Waals surface area contributed by atoms with Gasteiger partial charge in [0, 0.05) is 12.0 Å². The van der Waals surface area contributed by atoms with Crippen LogP contribution < -0.4 is 5.32 Å². The number of halogens is 1. The molecule has 1 heterocycles. The van der Waals surface area contributed by atoms with Gasteiger partial charge in [-0.1, -0.05) is 41.5 Å². The molecule has 120 valence electrons. The lowest BCUT2D eigenvalue weighted by Crippen LogP contribution is -2.20. The molecule has 0 atom stereocenters. The van der Waals surface area contributed by atoms with Gasteiger partial charge in [0.2, 0.25) is 0 Å². The number of thioether (sulfide) groups is 1. The van der Waals surface area contributed by atoms with Gasteiger partial charge in [-0.2, -0.15) is 11.8 Å². The number of aromatic nitrogens is 2. The SMILES string of the molecule is CCCNc1nc(CSCC(C)C)nc(C(C)(C)C)c1I. The monoisotopic (exact) mass is 421 g/mol. The van der Waals surface area contributed by atoms with Gasteiger partial charge in [-0.15, -0.1) is 0 Å². The molecule has 0 saturated carbocycles. The standard InChI is InChI=1S/C16H28IN3S/c1-7-8-18-15-13(17)14(16(4,5)6)19-12(20-15)10-21-9-11(2)3/h11H,7-10H2,1-6H3,(H,18,19,20). The summed E-state index contributed by atoms with van der Waals surface area (Å²) in [6.07, 6.45) is 1.10. The van der Waals surface area contributed by atoms with Crippen molar-refractivity contribution in [1.29, 1.82) is 0 Å². The first-order chi connectivity index (χ1) is 9.75. The molecule has 0 spiro atoms. The van der Waals surface area contributed by atoms with E-state index in [1.54, 1.807) is 0 Å². The highest BCUT2D eigenvalue weighted by atomic mass is 127. The van der Waals surface area contributed by atoms with Gasteiger partial charge in [0.25, 0.3) is 0 Å². The molecule has 21 heavy (non-hydrogen) atoms. The van der Waals surface area contributed by atoms with Crippen molar-refractivity contribution in [3.63, 3.8) is 0 Å². The van der Waals surface area contributed by atoms with Crippen molar-refractivity contribution in [2.45, 2.75) is 59.1 Å². The highest BCUT2D eigenvalue weighted by Gasteiger charge is 2.23. The second-order valence-electron chi connectivity index (χ2n) is 6.74. The highest BCUT2D eigenvalue weighted by molar-refractivity contribution is 14.1. The van der Waals surface area contributed by atoms with E-state index in [1.807, 2.05) is 11.8 Å². The predicted octanol–water partition coefficient (Wildman–Crippen LogP) is 5.09. The average molecular weight is 421 g/mol. The average Bonchev–Trinajstić information content (AvgIpc) is 2.37. The molecule has 0 aromatic carbocycles. The van der Waals surface area contributed by atoms with Crippen LogP contribution in [0.15, 0.2) is 0 Å². The van der Waals surface area contributed by atoms with Crippen molar-refractivity contribution < 1.29 is 0 Å². The Bertz CT molecular complexity index is 456.